The maximum Gasteiger partial charge on any atom is 0.408 e. The molecule has 1 fully saturated rings. The van der Waals surface area contributed by atoms with Gasteiger partial charge in [-0.2, -0.15) is 18.3 Å². The van der Waals surface area contributed by atoms with Gasteiger partial charge in [0.05, 0.1) is 6.20 Å². The van der Waals surface area contributed by atoms with Crippen LogP contribution in [-0.4, -0.2) is 25.9 Å². The molecule has 1 saturated carbocycles. The molecule has 2 heterocycles. The Bertz CT molecular complexity index is 697. The van der Waals surface area contributed by atoms with Gasteiger partial charge >= 0.3 is 6.18 Å². The van der Waals surface area contributed by atoms with Gasteiger partial charge in [-0.15, -0.1) is 0 Å². The fourth-order valence-corrected chi connectivity index (χ4v) is 2.84. The lowest BCUT2D eigenvalue weighted by Gasteiger charge is -2.20. The minimum atomic E-state index is -4.39. The molecule has 5 nitrogen and oxygen atoms in total. The average molecular weight is 300 g/mol. The average Bonchev–Trinajstić information content (AvgIpc) is 2.81. The van der Waals surface area contributed by atoms with Crippen LogP contribution in [0.4, 0.5) is 13.2 Å². The van der Waals surface area contributed by atoms with E-state index in [-0.39, 0.29) is 17.0 Å². The van der Waals surface area contributed by atoms with Gasteiger partial charge in [0.15, 0.2) is 5.65 Å². The van der Waals surface area contributed by atoms with Crippen molar-refractivity contribution in [1.82, 2.24) is 19.7 Å². The minimum Gasteiger partial charge on any atom is -0.310 e. The number of nitrogens with one attached hydrogen (secondary N) is 1. The number of hydrogen-bond donors (Lipinski definition) is 1. The van der Waals surface area contributed by atoms with E-state index in [4.69, 9.17) is 0 Å². The van der Waals surface area contributed by atoms with E-state index in [1.807, 2.05) is 0 Å². The zero-order valence-electron chi connectivity index (χ0n) is 11.3. The SMILES string of the molecule is O=c1[nH]c(C2CCCCC2)nc2c1cnn2CC(F)(F)F. The Balaban J connectivity index is 2.04. The number of nitrogens with zero attached hydrogens (tertiary/aromatic N) is 3. The molecule has 0 bridgehead atoms. The summed E-state index contributed by atoms with van der Waals surface area (Å²) in [5.74, 6) is 0.598. The number of hydrogen-bond acceptors (Lipinski definition) is 3. The lowest BCUT2D eigenvalue weighted by molar-refractivity contribution is -0.141. The highest BCUT2D eigenvalue weighted by Crippen LogP contribution is 2.30. The van der Waals surface area contributed by atoms with Gasteiger partial charge in [0, 0.05) is 5.92 Å². The Morgan fingerprint density at radius 2 is 2.00 bits per heavy atom. The van der Waals surface area contributed by atoms with E-state index >= 15 is 0 Å². The quantitative estimate of drug-likeness (QED) is 0.927. The molecule has 0 atom stereocenters. The van der Waals surface area contributed by atoms with Gasteiger partial charge in [-0.25, -0.2) is 9.67 Å². The predicted octanol–water partition coefficient (Wildman–Crippen LogP) is 2.73. The van der Waals surface area contributed by atoms with E-state index in [9.17, 15) is 18.0 Å². The second kappa shape index (κ2) is 5.16. The van der Waals surface area contributed by atoms with E-state index in [1.165, 1.54) is 0 Å². The van der Waals surface area contributed by atoms with Gasteiger partial charge in [0.2, 0.25) is 0 Å². The molecule has 0 aromatic carbocycles. The first-order valence-electron chi connectivity index (χ1n) is 6.96. The summed E-state index contributed by atoms with van der Waals surface area (Å²) in [7, 11) is 0. The summed E-state index contributed by atoms with van der Waals surface area (Å²) in [6.45, 7) is -1.24. The molecule has 21 heavy (non-hydrogen) atoms. The van der Waals surface area contributed by atoms with E-state index in [1.54, 1.807) is 0 Å². The molecule has 0 amide bonds. The Labute approximate surface area is 118 Å². The minimum absolute atomic E-state index is 0.0108. The largest absolute Gasteiger partial charge is 0.408 e. The lowest BCUT2D eigenvalue weighted by atomic mass is 9.89. The Hall–Kier alpha value is -1.86. The van der Waals surface area contributed by atoms with Crippen molar-refractivity contribution >= 4 is 11.0 Å². The standard InChI is InChI=1S/C13H15F3N4O/c14-13(15,16)7-20-11-9(6-17-20)12(21)19-10(18-11)8-4-2-1-3-5-8/h6,8H,1-5,7H2,(H,18,19,21). The van der Waals surface area contributed by atoms with Crippen LogP contribution in [0.3, 0.4) is 0 Å². The first-order chi connectivity index (χ1) is 9.94. The molecule has 3 rings (SSSR count). The number of fused-ring (bicyclic) bond motifs is 1. The number of halogens is 3. The molecule has 1 aliphatic rings. The maximum atomic E-state index is 12.5. The third kappa shape index (κ3) is 2.93. The number of alkyl halides is 3. The van der Waals surface area contributed by atoms with Crippen molar-refractivity contribution in [3.05, 3.63) is 22.4 Å². The molecule has 1 aliphatic carbocycles. The monoisotopic (exact) mass is 300 g/mol. The van der Waals surface area contributed by atoms with Crippen LogP contribution in [0.15, 0.2) is 11.0 Å². The Morgan fingerprint density at radius 3 is 2.67 bits per heavy atom. The number of rotatable bonds is 2. The fourth-order valence-electron chi connectivity index (χ4n) is 2.84. The van der Waals surface area contributed by atoms with Crippen LogP contribution < -0.4 is 5.56 Å². The first kappa shape index (κ1) is 14.1. The predicted molar refractivity (Wildman–Crippen MR) is 70.0 cm³/mol. The number of aromatic nitrogens is 4. The Morgan fingerprint density at radius 1 is 1.29 bits per heavy atom. The molecule has 8 heteroatoms. The molecule has 0 saturated heterocycles. The van der Waals surface area contributed by atoms with Gasteiger partial charge in [-0.3, -0.25) is 4.79 Å². The smallest absolute Gasteiger partial charge is 0.310 e. The maximum absolute atomic E-state index is 12.5. The lowest BCUT2D eigenvalue weighted by Crippen LogP contribution is -2.21. The van der Waals surface area contributed by atoms with Gasteiger partial charge in [-0.1, -0.05) is 19.3 Å². The third-order valence-corrected chi connectivity index (χ3v) is 3.85. The van der Waals surface area contributed by atoms with Gasteiger partial charge in [-0.05, 0) is 12.8 Å². The van der Waals surface area contributed by atoms with E-state index in [2.05, 4.69) is 15.1 Å². The normalized spacial score (nSPS) is 17.5. The second-order valence-electron chi connectivity index (χ2n) is 5.44. The molecule has 2 aromatic heterocycles. The van der Waals surface area contributed by atoms with E-state index in [0.29, 0.717) is 5.82 Å². The summed E-state index contributed by atoms with van der Waals surface area (Å²) >= 11 is 0. The summed E-state index contributed by atoms with van der Waals surface area (Å²) in [5, 5.41) is 3.74. The second-order valence-corrected chi connectivity index (χ2v) is 5.44. The molecule has 114 valence electrons. The van der Waals surface area contributed by atoms with Crippen LogP contribution in [0, 0.1) is 0 Å². The van der Waals surface area contributed by atoms with Crippen molar-refractivity contribution in [2.24, 2.45) is 0 Å². The summed E-state index contributed by atoms with van der Waals surface area (Å²) in [4.78, 5) is 18.9. The van der Waals surface area contributed by atoms with Crippen LogP contribution in [0.2, 0.25) is 0 Å². The first-order valence-corrected chi connectivity index (χ1v) is 6.96. The van der Waals surface area contributed by atoms with Crippen molar-refractivity contribution in [3.63, 3.8) is 0 Å². The van der Waals surface area contributed by atoms with Gasteiger partial charge in [0.25, 0.3) is 5.56 Å². The summed E-state index contributed by atoms with van der Waals surface area (Å²) in [6.07, 6.45) is 1.80. The van der Waals surface area contributed by atoms with Crippen molar-refractivity contribution in [3.8, 4) is 0 Å². The van der Waals surface area contributed by atoms with Crippen LogP contribution in [-0.2, 0) is 6.54 Å². The van der Waals surface area contributed by atoms with Crippen molar-refractivity contribution in [2.75, 3.05) is 0 Å². The molecule has 2 aromatic rings. The molecular weight excluding hydrogens is 285 g/mol. The molecule has 0 spiro atoms. The highest BCUT2D eigenvalue weighted by atomic mass is 19.4. The van der Waals surface area contributed by atoms with Crippen molar-refractivity contribution in [2.45, 2.75) is 50.7 Å². The molecule has 0 radical (unpaired) electrons. The number of aromatic amines is 1. The zero-order chi connectivity index (χ0) is 15.0. The van der Waals surface area contributed by atoms with Crippen molar-refractivity contribution in [1.29, 1.82) is 0 Å². The van der Waals surface area contributed by atoms with Crippen LogP contribution in [0.5, 0.6) is 0 Å². The molecule has 0 aliphatic heterocycles. The van der Waals surface area contributed by atoms with Crippen LogP contribution in [0.1, 0.15) is 43.8 Å². The Kier molecular flexibility index (Phi) is 3.46. The highest BCUT2D eigenvalue weighted by Gasteiger charge is 2.30. The fraction of sp³-hybridized carbons (Fsp3) is 0.615. The summed E-state index contributed by atoms with van der Waals surface area (Å²) in [5.41, 5.74) is -0.411. The van der Waals surface area contributed by atoms with Gasteiger partial charge < -0.3 is 4.98 Å². The van der Waals surface area contributed by atoms with E-state index < -0.39 is 18.3 Å². The van der Waals surface area contributed by atoms with Crippen LogP contribution in [0.25, 0.3) is 11.0 Å². The highest BCUT2D eigenvalue weighted by molar-refractivity contribution is 5.73. The molecule has 0 unspecified atom stereocenters. The van der Waals surface area contributed by atoms with Gasteiger partial charge in [0.1, 0.15) is 17.8 Å². The molecular formula is C13H15F3N4O. The zero-order valence-corrected chi connectivity index (χ0v) is 11.3. The van der Waals surface area contributed by atoms with E-state index in [0.717, 1.165) is 43.0 Å². The summed E-state index contributed by atoms with van der Waals surface area (Å²) in [6, 6.07) is 0. The van der Waals surface area contributed by atoms with Crippen LogP contribution >= 0.6 is 0 Å². The molecule has 1 N–H and O–H groups in total. The topological polar surface area (TPSA) is 63.6 Å². The summed E-state index contributed by atoms with van der Waals surface area (Å²) < 4.78 is 38.3. The number of H-pyrrole nitrogens is 1. The van der Waals surface area contributed by atoms with Crippen molar-refractivity contribution < 1.29 is 13.2 Å². The third-order valence-electron chi connectivity index (χ3n) is 3.85.